The fraction of sp³-hybridized carbons (Fsp3) is 0.360. The van der Waals surface area contributed by atoms with Crippen molar-refractivity contribution in [2.45, 2.75) is 45.1 Å². The average Bonchev–Trinajstić information content (AvgIpc) is 3.06. The molecule has 0 saturated heterocycles. The van der Waals surface area contributed by atoms with Crippen LogP contribution in [0, 0.1) is 18.8 Å². The Balaban J connectivity index is 1.55. The van der Waals surface area contributed by atoms with Gasteiger partial charge in [0.15, 0.2) is 0 Å². The molecule has 1 aliphatic rings. The van der Waals surface area contributed by atoms with Gasteiger partial charge in [0.05, 0.1) is 11.7 Å². The molecule has 0 spiro atoms. The highest BCUT2D eigenvalue weighted by atomic mass is 16.4. The van der Waals surface area contributed by atoms with E-state index in [9.17, 15) is 14.7 Å². The van der Waals surface area contributed by atoms with E-state index < -0.39 is 12.1 Å². The van der Waals surface area contributed by atoms with Gasteiger partial charge in [0.25, 0.3) is 0 Å². The molecule has 1 aliphatic carbocycles. The van der Waals surface area contributed by atoms with Crippen LogP contribution in [0.3, 0.4) is 0 Å². The summed E-state index contributed by atoms with van der Waals surface area (Å²) in [6.07, 6.45) is 6.76. The zero-order valence-corrected chi connectivity index (χ0v) is 16.8. The van der Waals surface area contributed by atoms with Crippen molar-refractivity contribution in [1.82, 2.24) is 0 Å². The topological polar surface area (TPSA) is 74.6 Å². The molecule has 0 heterocycles. The molecular weight excluding hydrogens is 364 g/mol. The Morgan fingerprint density at radius 2 is 1.76 bits per heavy atom. The van der Waals surface area contributed by atoms with Crippen LogP contribution in [0.25, 0.3) is 0 Å². The van der Waals surface area contributed by atoms with Gasteiger partial charge in [0.1, 0.15) is 5.78 Å². The quantitative estimate of drug-likeness (QED) is 0.654. The summed E-state index contributed by atoms with van der Waals surface area (Å²) in [7, 11) is 0. The molecule has 3 atom stereocenters. The monoisotopic (exact) mass is 392 g/mol. The minimum absolute atomic E-state index is 0.0306. The molecule has 4 nitrogen and oxygen atoms in total. The lowest BCUT2D eigenvalue weighted by Crippen LogP contribution is -2.15. The van der Waals surface area contributed by atoms with Gasteiger partial charge in [-0.3, -0.25) is 4.79 Å². The molecule has 1 fully saturated rings. The van der Waals surface area contributed by atoms with E-state index in [4.69, 9.17) is 5.11 Å². The van der Waals surface area contributed by atoms with Gasteiger partial charge in [-0.1, -0.05) is 54.1 Å². The van der Waals surface area contributed by atoms with Gasteiger partial charge in [-0.2, -0.15) is 0 Å². The highest BCUT2D eigenvalue weighted by Gasteiger charge is 2.32. The Kier molecular flexibility index (Phi) is 6.99. The zero-order valence-electron chi connectivity index (χ0n) is 16.8. The van der Waals surface area contributed by atoms with E-state index in [1.54, 1.807) is 12.1 Å². The molecule has 29 heavy (non-hydrogen) atoms. The second kappa shape index (κ2) is 9.66. The summed E-state index contributed by atoms with van der Waals surface area (Å²) in [4.78, 5) is 23.3. The zero-order chi connectivity index (χ0) is 20.8. The smallest absolute Gasteiger partial charge is 0.335 e. The van der Waals surface area contributed by atoms with Crippen LogP contribution in [0.2, 0.25) is 0 Å². The third-order valence-electron chi connectivity index (χ3n) is 5.75. The number of carboxylic acid groups (broad SMARTS) is 1. The van der Waals surface area contributed by atoms with E-state index in [1.165, 1.54) is 5.56 Å². The van der Waals surface area contributed by atoms with E-state index in [2.05, 4.69) is 0 Å². The maximum atomic E-state index is 12.3. The number of hydrogen-bond donors (Lipinski definition) is 2. The molecule has 0 radical (unpaired) electrons. The van der Waals surface area contributed by atoms with Crippen molar-refractivity contribution < 1.29 is 19.8 Å². The first-order valence-electron chi connectivity index (χ1n) is 10.2. The van der Waals surface area contributed by atoms with E-state index in [0.717, 1.165) is 30.4 Å². The number of benzene rings is 2. The van der Waals surface area contributed by atoms with E-state index >= 15 is 0 Å². The number of hydrogen-bond acceptors (Lipinski definition) is 3. The number of carbonyl (C=O) groups is 2. The number of allylic oxidation sites excluding steroid dienone is 1. The predicted molar refractivity (Wildman–Crippen MR) is 113 cm³/mol. The number of Topliss-reactive ketones (excluding diaryl/α,β-unsaturated/α-hetero) is 1. The summed E-state index contributed by atoms with van der Waals surface area (Å²) in [5.74, 6) is -0.516. The van der Waals surface area contributed by atoms with Gasteiger partial charge in [-0.25, -0.2) is 4.79 Å². The number of aliphatic hydroxyl groups is 1. The maximum absolute atomic E-state index is 12.3. The third-order valence-corrected chi connectivity index (χ3v) is 5.75. The van der Waals surface area contributed by atoms with Gasteiger partial charge >= 0.3 is 5.97 Å². The molecule has 0 aliphatic heterocycles. The van der Waals surface area contributed by atoms with E-state index in [1.807, 2.05) is 55.5 Å². The molecule has 4 heteroatoms. The van der Waals surface area contributed by atoms with Gasteiger partial charge in [0.2, 0.25) is 0 Å². The van der Waals surface area contributed by atoms with Crippen molar-refractivity contribution >= 4 is 11.8 Å². The Morgan fingerprint density at radius 1 is 1.10 bits per heavy atom. The first-order valence-corrected chi connectivity index (χ1v) is 10.2. The summed E-state index contributed by atoms with van der Waals surface area (Å²) >= 11 is 0. The minimum atomic E-state index is -0.933. The Bertz CT molecular complexity index is 865. The number of rotatable bonds is 8. The third kappa shape index (κ3) is 5.88. The Morgan fingerprint density at radius 3 is 2.41 bits per heavy atom. The number of carbonyl (C=O) groups excluding carboxylic acids is 1. The van der Waals surface area contributed by atoms with Crippen molar-refractivity contribution in [2.75, 3.05) is 0 Å². The summed E-state index contributed by atoms with van der Waals surface area (Å²) in [5, 5.41) is 19.3. The molecule has 0 amide bonds. The number of aliphatic hydroxyl groups excluding tert-OH is 1. The van der Waals surface area contributed by atoms with Crippen LogP contribution in [-0.2, 0) is 17.6 Å². The lowest BCUT2D eigenvalue weighted by Gasteiger charge is -2.16. The summed E-state index contributed by atoms with van der Waals surface area (Å²) in [6.45, 7) is 2.04. The largest absolute Gasteiger partial charge is 0.478 e. The second-order valence-electron chi connectivity index (χ2n) is 7.96. The van der Waals surface area contributed by atoms with Crippen LogP contribution in [0.5, 0.6) is 0 Å². The standard InChI is InChI=1S/C25H28O4/c1-17-2-4-19(5-3-17)16-22(26)13-11-20-12-15-24(27)23(20)14-8-18-6-9-21(10-7-18)25(28)29/h2-7,9-11,13,20,22-23,26H,8,12,14-16H2,1H3,(H,28,29)/b13-11+/t20-,22?,23+/m0/s1. The maximum Gasteiger partial charge on any atom is 0.335 e. The van der Waals surface area contributed by atoms with Crippen molar-refractivity contribution in [3.8, 4) is 0 Å². The molecule has 2 aromatic carbocycles. The van der Waals surface area contributed by atoms with Gasteiger partial charge in [-0.15, -0.1) is 0 Å². The fourth-order valence-corrected chi connectivity index (χ4v) is 3.98. The molecule has 1 saturated carbocycles. The lowest BCUT2D eigenvalue weighted by molar-refractivity contribution is -0.121. The molecule has 3 rings (SSSR count). The van der Waals surface area contributed by atoms with Crippen molar-refractivity contribution in [3.05, 3.63) is 82.9 Å². The number of aromatic carboxylic acids is 1. The Labute approximate surface area is 171 Å². The predicted octanol–water partition coefficient (Wildman–Crippen LogP) is 4.38. The summed E-state index contributed by atoms with van der Waals surface area (Å²) in [5.41, 5.74) is 3.60. The van der Waals surface area contributed by atoms with Crippen LogP contribution in [0.15, 0.2) is 60.7 Å². The number of aryl methyl sites for hydroxylation is 2. The van der Waals surface area contributed by atoms with Gasteiger partial charge in [-0.05, 0) is 55.4 Å². The molecule has 1 unspecified atom stereocenters. The molecular formula is C25H28O4. The molecule has 2 aromatic rings. The number of carboxylic acids is 1. The van der Waals surface area contributed by atoms with Crippen molar-refractivity contribution in [1.29, 1.82) is 0 Å². The van der Waals surface area contributed by atoms with E-state index in [-0.39, 0.29) is 23.2 Å². The minimum Gasteiger partial charge on any atom is -0.478 e. The summed E-state index contributed by atoms with van der Waals surface area (Å²) < 4.78 is 0. The summed E-state index contributed by atoms with van der Waals surface area (Å²) in [6, 6.07) is 15.0. The van der Waals surface area contributed by atoms with Crippen LogP contribution < -0.4 is 0 Å². The lowest BCUT2D eigenvalue weighted by atomic mass is 9.88. The molecule has 0 aromatic heterocycles. The SMILES string of the molecule is Cc1ccc(CC(O)/C=C/[C@H]2CCC(=O)[C@@H]2CCc2ccc(C(=O)O)cc2)cc1. The highest BCUT2D eigenvalue weighted by Crippen LogP contribution is 2.33. The van der Waals surface area contributed by atoms with Crippen molar-refractivity contribution in [2.24, 2.45) is 11.8 Å². The van der Waals surface area contributed by atoms with E-state index in [0.29, 0.717) is 12.8 Å². The van der Waals surface area contributed by atoms with Gasteiger partial charge < -0.3 is 10.2 Å². The van der Waals surface area contributed by atoms with Gasteiger partial charge in [0, 0.05) is 18.8 Å². The van der Waals surface area contributed by atoms with Crippen LogP contribution in [0.1, 0.15) is 46.3 Å². The molecule has 2 N–H and O–H groups in total. The Hall–Kier alpha value is -2.72. The molecule has 0 bridgehead atoms. The van der Waals surface area contributed by atoms with Crippen LogP contribution in [0.4, 0.5) is 0 Å². The van der Waals surface area contributed by atoms with Crippen LogP contribution >= 0.6 is 0 Å². The first-order chi connectivity index (χ1) is 13.9. The average molecular weight is 392 g/mol. The fourth-order valence-electron chi connectivity index (χ4n) is 3.98. The molecule has 152 valence electrons. The normalized spacial score (nSPS) is 20.3. The van der Waals surface area contributed by atoms with Crippen molar-refractivity contribution in [3.63, 3.8) is 0 Å². The number of ketones is 1. The first kappa shape index (κ1) is 21.0. The second-order valence-corrected chi connectivity index (χ2v) is 7.96. The highest BCUT2D eigenvalue weighted by molar-refractivity contribution is 5.87. The van der Waals surface area contributed by atoms with Crippen LogP contribution in [-0.4, -0.2) is 28.1 Å².